The normalized spacial score (nSPS) is 18.6. The van der Waals surface area contributed by atoms with Crippen LogP contribution in [0.2, 0.25) is 0 Å². The number of anilines is 2. The van der Waals surface area contributed by atoms with Crippen LogP contribution in [0, 0.1) is 5.92 Å². The third kappa shape index (κ3) is 10.5. The smallest absolute Gasteiger partial charge is 0.270 e. The van der Waals surface area contributed by atoms with Gasteiger partial charge in [-0.25, -0.2) is 10.0 Å². The average Bonchev–Trinajstić information content (AvgIpc) is 3.36. The highest BCUT2D eigenvalue weighted by atomic mass is 16.2. The molecule has 2 heterocycles. The fourth-order valence-corrected chi connectivity index (χ4v) is 6.53. The first kappa shape index (κ1) is 33.7. The molecular weight excluding hydrogens is 546 g/mol. The molecule has 2 N–H and O–H groups in total. The van der Waals surface area contributed by atoms with Crippen molar-refractivity contribution in [3.8, 4) is 0 Å². The van der Waals surface area contributed by atoms with Crippen molar-refractivity contribution in [2.75, 3.05) is 23.4 Å². The third-order valence-electron chi connectivity index (χ3n) is 9.05. The molecule has 240 valence electrons. The van der Waals surface area contributed by atoms with Gasteiger partial charge in [-0.1, -0.05) is 115 Å². The molecular formula is C37H55N5O2. The van der Waals surface area contributed by atoms with Crippen LogP contribution in [0.1, 0.15) is 117 Å². The van der Waals surface area contributed by atoms with Crippen LogP contribution in [0.15, 0.2) is 59.6 Å². The fraction of sp³-hybridized carbons (Fsp3) is 0.595. The van der Waals surface area contributed by atoms with E-state index in [9.17, 15) is 9.59 Å². The van der Waals surface area contributed by atoms with Crippen molar-refractivity contribution in [3.05, 3.63) is 54.6 Å². The molecule has 0 spiro atoms. The van der Waals surface area contributed by atoms with Gasteiger partial charge in [0.1, 0.15) is 5.84 Å². The van der Waals surface area contributed by atoms with Crippen LogP contribution in [-0.2, 0) is 9.59 Å². The molecule has 4 rings (SSSR count). The van der Waals surface area contributed by atoms with Gasteiger partial charge in [-0.05, 0) is 68.6 Å². The van der Waals surface area contributed by atoms with Gasteiger partial charge < -0.3 is 5.32 Å². The number of benzene rings is 2. The van der Waals surface area contributed by atoms with Crippen LogP contribution in [0.5, 0.6) is 0 Å². The van der Waals surface area contributed by atoms with Gasteiger partial charge in [0.2, 0.25) is 5.91 Å². The molecule has 1 atom stereocenters. The summed E-state index contributed by atoms with van der Waals surface area (Å²) in [5, 5.41) is 4.69. The molecule has 7 nitrogen and oxygen atoms in total. The molecule has 2 aromatic rings. The Balaban J connectivity index is 1.30. The Labute approximate surface area is 265 Å². The molecule has 0 aliphatic carbocycles. The zero-order valence-corrected chi connectivity index (χ0v) is 27.2. The molecule has 44 heavy (non-hydrogen) atoms. The highest BCUT2D eigenvalue weighted by molar-refractivity contribution is 6.20. The van der Waals surface area contributed by atoms with Gasteiger partial charge in [0.25, 0.3) is 5.91 Å². The highest BCUT2D eigenvalue weighted by Crippen LogP contribution is 2.28. The lowest BCUT2D eigenvalue weighted by molar-refractivity contribution is -0.121. The Kier molecular flexibility index (Phi) is 14.2. The summed E-state index contributed by atoms with van der Waals surface area (Å²) in [4.78, 5) is 33.7. The number of hydrazine groups is 1. The second-order valence-corrected chi connectivity index (χ2v) is 12.7. The summed E-state index contributed by atoms with van der Waals surface area (Å²) < 4.78 is 0. The number of carbonyl (C=O) groups is 2. The van der Waals surface area contributed by atoms with Gasteiger partial charge in [0, 0.05) is 12.1 Å². The summed E-state index contributed by atoms with van der Waals surface area (Å²) in [5.41, 5.74) is 5.57. The number of nitrogens with zero attached hydrogens (tertiary/aromatic N) is 3. The Hall–Kier alpha value is -3.19. The van der Waals surface area contributed by atoms with Crippen LogP contribution in [0.4, 0.5) is 17.1 Å². The minimum Gasteiger partial charge on any atom is -0.326 e. The fourth-order valence-electron chi connectivity index (χ4n) is 6.53. The zero-order valence-electron chi connectivity index (χ0n) is 27.2. The van der Waals surface area contributed by atoms with E-state index < -0.39 is 6.04 Å². The quantitative estimate of drug-likeness (QED) is 0.167. The molecule has 0 bridgehead atoms. The monoisotopic (exact) mass is 601 g/mol. The molecule has 2 aliphatic heterocycles. The van der Waals surface area contributed by atoms with Crippen molar-refractivity contribution in [1.82, 2.24) is 10.3 Å². The van der Waals surface area contributed by atoms with E-state index in [1.54, 1.807) is 5.01 Å². The summed E-state index contributed by atoms with van der Waals surface area (Å²) in [6.45, 7) is 6.28. The van der Waals surface area contributed by atoms with Crippen molar-refractivity contribution in [2.24, 2.45) is 10.9 Å². The van der Waals surface area contributed by atoms with Crippen LogP contribution >= 0.6 is 0 Å². The Morgan fingerprint density at radius 1 is 0.841 bits per heavy atom. The zero-order chi connectivity index (χ0) is 31.0. The average molecular weight is 602 g/mol. The molecule has 2 amide bonds. The maximum atomic E-state index is 13.8. The lowest BCUT2D eigenvalue weighted by Gasteiger charge is -2.34. The summed E-state index contributed by atoms with van der Waals surface area (Å²) in [6.07, 6.45) is 19.2. The lowest BCUT2D eigenvalue weighted by Crippen LogP contribution is -2.48. The van der Waals surface area contributed by atoms with E-state index in [4.69, 9.17) is 4.99 Å². The number of rotatable bonds is 18. The molecule has 2 fully saturated rings. The molecule has 2 saturated heterocycles. The third-order valence-corrected chi connectivity index (χ3v) is 9.05. The highest BCUT2D eigenvalue weighted by Gasteiger charge is 2.43. The van der Waals surface area contributed by atoms with Gasteiger partial charge in [-0.15, -0.1) is 0 Å². The number of amides is 2. The van der Waals surface area contributed by atoms with Crippen molar-refractivity contribution in [1.29, 1.82) is 0 Å². The van der Waals surface area contributed by atoms with E-state index in [2.05, 4.69) is 29.5 Å². The molecule has 0 radical (unpaired) electrons. The van der Waals surface area contributed by atoms with Crippen molar-refractivity contribution < 1.29 is 9.59 Å². The maximum absolute atomic E-state index is 13.8. The van der Waals surface area contributed by atoms with E-state index >= 15 is 0 Å². The second-order valence-electron chi connectivity index (χ2n) is 12.7. The molecule has 7 heteroatoms. The Morgan fingerprint density at radius 3 is 2.16 bits per heavy atom. The summed E-state index contributed by atoms with van der Waals surface area (Å²) in [5.74, 6) is 1.41. The Morgan fingerprint density at radius 2 is 1.50 bits per heavy atom. The van der Waals surface area contributed by atoms with Gasteiger partial charge in [-0.3, -0.25) is 19.9 Å². The van der Waals surface area contributed by atoms with Gasteiger partial charge in [0.15, 0.2) is 6.04 Å². The van der Waals surface area contributed by atoms with Gasteiger partial charge in [-0.2, -0.15) is 0 Å². The number of amidine groups is 1. The van der Waals surface area contributed by atoms with Crippen molar-refractivity contribution >= 4 is 34.7 Å². The molecule has 0 aromatic heterocycles. The van der Waals surface area contributed by atoms with Crippen LogP contribution in [0.3, 0.4) is 0 Å². The number of para-hydroxylation sites is 1. The molecule has 1 unspecified atom stereocenters. The summed E-state index contributed by atoms with van der Waals surface area (Å²) in [7, 11) is 0. The maximum Gasteiger partial charge on any atom is 0.270 e. The van der Waals surface area contributed by atoms with Crippen molar-refractivity contribution in [3.63, 3.8) is 0 Å². The number of likely N-dealkylation sites (tertiary alicyclic amines) is 1. The van der Waals surface area contributed by atoms with E-state index in [0.29, 0.717) is 17.9 Å². The van der Waals surface area contributed by atoms with Crippen LogP contribution in [0.25, 0.3) is 0 Å². The number of carbonyl (C=O) groups excluding carboxylic acids is 2. The van der Waals surface area contributed by atoms with E-state index in [1.807, 2.05) is 54.6 Å². The lowest BCUT2D eigenvalue weighted by atomic mass is 9.91. The standard InChI is InChI=1S/C37H55N5O2/c1-3-5-6-7-8-9-10-11-12-13-17-24-34(43)38-31-20-18-21-32(29-31)39-36-35(41-27-25-30(19-4-2)26-28-41)37(44)42(40-36)33-22-15-14-16-23-33/h14-16,18,20-23,29-30,35H,3-13,17,19,24-28H2,1-2H3,(H,38,43)(H,39,40). The minimum atomic E-state index is -0.447. The molecule has 0 saturated carbocycles. The largest absolute Gasteiger partial charge is 0.326 e. The topological polar surface area (TPSA) is 77.0 Å². The Bertz CT molecular complexity index is 1180. The number of hydrogen-bond acceptors (Lipinski definition) is 4. The second kappa shape index (κ2) is 18.6. The van der Waals surface area contributed by atoms with Crippen LogP contribution in [-0.4, -0.2) is 41.7 Å². The van der Waals surface area contributed by atoms with E-state index in [-0.39, 0.29) is 11.8 Å². The summed E-state index contributed by atoms with van der Waals surface area (Å²) >= 11 is 0. The molecule has 2 aliphatic rings. The minimum absolute atomic E-state index is 0.000299. The number of unbranched alkanes of at least 4 members (excludes halogenated alkanes) is 10. The number of nitrogens with one attached hydrogen (secondary N) is 2. The first-order chi connectivity index (χ1) is 21.6. The first-order valence-electron chi connectivity index (χ1n) is 17.5. The van der Waals surface area contributed by atoms with Gasteiger partial charge >= 0.3 is 0 Å². The SMILES string of the molecule is CCCCCCCCCCCCCC(=O)Nc1cccc(N=C2NN(c3ccccc3)C(=O)C2N2CCC(CCC)CC2)c1. The van der Waals surface area contributed by atoms with E-state index in [0.717, 1.165) is 56.1 Å². The molecule has 2 aromatic carbocycles. The predicted molar refractivity (Wildman–Crippen MR) is 183 cm³/mol. The number of hydrogen-bond donors (Lipinski definition) is 2. The number of piperidine rings is 1. The van der Waals surface area contributed by atoms with Crippen LogP contribution < -0.4 is 15.8 Å². The van der Waals surface area contributed by atoms with Crippen molar-refractivity contribution in [2.45, 2.75) is 123 Å². The number of aliphatic imine (C=N–C) groups is 1. The predicted octanol–water partition coefficient (Wildman–Crippen LogP) is 8.79. The van der Waals surface area contributed by atoms with Gasteiger partial charge in [0.05, 0.1) is 11.4 Å². The van der Waals surface area contributed by atoms with E-state index in [1.165, 1.54) is 70.6 Å². The first-order valence-corrected chi connectivity index (χ1v) is 17.5. The summed E-state index contributed by atoms with van der Waals surface area (Å²) in [6, 6.07) is 16.9.